The van der Waals surface area contributed by atoms with Crippen LogP contribution in [0.2, 0.25) is 0 Å². The molecule has 117 heavy (non-hydrogen) atoms. The van der Waals surface area contributed by atoms with Crippen molar-refractivity contribution in [3.05, 3.63) is 159 Å². The van der Waals surface area contributed by atoms with Gasteiger partial charge in [-0.2, -0.15) is 16.3 Å². The van der Waals surface area contributed by atoms with E-state index in [1.165, 1.54) is 85.3 Å². The number of nitrogen functional groups attached to an aromatic ring is 2. The summed E-state index contributed by atoms with van der Waals surface area (Å²) in [4.78, 5) is 97.0. The number of H-pyrrole nitrogens is 2. The average Bonchev–Trinajstić information content (AvgIpc) is 1.68. The summed E-state index contributed by atoms with van der Waals surface area (Å²) in [5.41, 5.74) is 5.86. The number of morpholine rings is 4. The topological polar surface area (TPSA) is 487 Å². The van der Waals surface area contributed by atoms with Crippen LogP contribution in [0.4, 0.5) is 34.9 Å². The van der Waals surface area contributed by atoms with Gasteiger partial charge in [-0.25, -0.2) is 79.9 Å². The molecule has 44 nitrogen and oxygen atoms in total. The third-order valence-corrected chi connectivity index (χ3v) is 14.5. The van der Waals surface area contributed by atoms with Crippen molar-refractivity contribution in [2.75, 3.05) is 187 Å². The van der Waals surface area contributed by atoms with Crippen LogP contribution in [0, 0.1) is 14.4 Å². The zero-order valence-electron chi connectivity index (χ0n) is 65.6. The molecule has 4 fully saturated rings. The first kappa shape index (κ1) is 107. The second kappa shape index (κ2) is 63.7. The molecule has 0 spiro atoms. The first-order valence-corrected chi connectivity index (χ1v) is 56.4. The molecule has 0 radical (unpaired) electrons. The molecule has 10 aromatic heterocycles. The normalized spacial score (nSPS) is 13.1. The molecule has 0 atom stereocenters. The Morgan fingerprint density at radius 2 is 0.795 bits per heavy atom. The van der Waals surface area contributed by atoms with E-state index in [0.29, 0.717) is 98.0 Å². The van der Waals surface area contributed by atoms with Crippen LogP contribution >= 0.6 is 149 Å². The van der Waals surface area contributed by atoms with Gasteiger partial charge in [0, 0.05) is 117 Å². The Labute approximate surface area is 779 Å². The second-order valence-corrected chi connectivity index (χ2v) is 45.5. The van der Waals surface area contributed by atoms with Crippen LogP contribution in [-0.4, -0.2) is 298 Å². The molecule has 0 aromatic carbocycles. The fraction of sp³-hybridized carbons (Fsp3) is 0.406. The fourth-order valence-corrected chi connectivity index (χ4v) is 9.58. The van der Waals surface area contributed by atoms with E-state index in [1.54, 1.807) is 99.5 Å². The minimum absolute atomic E-state index is 0. The third kappa shape index (κ3) is 37.3. The van der Waals surface area contributed by atoms with Gasteiger partial charge in [-0.15, -0.1) is 44.4 Å². The Morgan fingerprint density at radius 1 is 0.504 bits per heavy atom. The molecule has 4 saturated heterocycles. The Balaban J connectivity index is 0.000000468. The van der Waals surface area contributed by atoms with Crippen molar-refractivity contribution in [3.63, 3.8) is 0 Å². The number of ether oxygens (including phenoxy) is 6. The first-order valence-electron chi connectivity index (χ1n) is 34.0. The van der Waals surface area contributed by atoms with E-state index in [1.807, 2.05) is 36.1 Å². The summed E-state index contributed by atoms with van der Waals surface area (Å²) in [5, 5.41) is 35.5. The summed E-state index contributed by atoms with van der Waals surface area (Å²) in [6.07, 6.45) is 24.7. The molecule has 0 unspecified atom stereocenters. The van der Waals surface area contributed by atoms with Crippen LogP contribution in [0.15, 0.2) is 134 Å². The summed E-state index contributed by atoms with van der Waals surface area (Å²) in [7, 11) is 9.82. The second-order valence-electron chi connectivity index (χ2n) is 22.0. The van der Waals surface area contributed by atoms with Gasteiger partial charge in [0.2, 0.25) is 0 Å². The van der Waals surface area contributed by atoms with Crippen LogP contribution in [0.25, 0.3) is 34.4 Å². The number of rotatable bonds is 17. The molecule has 14 rings (SSSR count). The molecule has 10 aromatic rings. The van der Waals surface area contributed by atoms with E-state index in [-0.39, 0.29) is 42.5 Å². The number of nitrogens with zero attached hydrogens (tertiary/aromatic N) is 28. The standard InChI is InChI=1S/2C13H14N8O2.C9H14N4O2.2C8H13N5O.C8H12N4O2.C2H5.2CH3I.CH3.5HI.2V/c2*22-13-10(20-2-1-16-18-20)8-17-21(13)12-7-11(14-9-15-12)19-3-5-23-6-4-19;1-4-15-9(14)8(7-12(2)3)13-6-5-10-11-13;2*9-12-7-5-8(11-6-10-7)13-1-3-14-4-2-13;1-11(2)6-7(8(13)14-3)12-5-4-9-10-12;3*1-2;;;;;;;;/h2*1-2,7-9,17H,3-6H2;5-7H,4H2,1-3H3;2*5-6H,1-4,9H2,(H,10,11,12);4-6H,1-3H3;1H2,2H3;2*1H3;1H3;5*1H;;/q;;;;;;-1;;;-1;;;;;;2*+2/p-4. The van der Waals surface area contributed by atoms with Crippen LogP contribution in [-0.2, 0) is 56.9 Å². The van der Waals surface area contributed by atoms with E-state index in [9.17, 15) is 19.2 Å². The number of anilines is 6. The fourth-order valence-electron chi connectivity index (χ4n) is 9.58. The van der Waals surface area contributed by atoms with Gasteiger partial charge in [-0.05, 0) is 16.8 Å². The third-order valence-electron chi connectivity index (χ3n) is 14.5. The van der Waals surface area contributed by atoms with Gasteiger partial charge in [-0.1, -0.05) is 66.0 Å². The van der Waals surface area contributed by atoms with Crippen molar-refractivity contribution in [1.29, 1.82) is 0 Å². The SMILES string of the molecule is CCOC(=O)C(=CN(C)C)n1ccnn1.CI.CI.COC(=O)C(=CN(C)C)n1ccnn1.I.NNc1cc(N2CCOCC2)ncn1.NNc1cc(N2CCOCC2)ncn1.O=c1c(-n2ccnn2)c[nH]n1-c1cc(N2CCOCC2)ncn1.O=c1c(-n2ccnn2)c[nH]n1-c1cc(N2CCOCC2)ncn1.[CH2-]C.[CH3-].[I][V][I].[I][V][I]. The van der Waals surface area contributed by atoms with E-state index in [2.05, 4.69) is 259 Å². The number of halogens is 7. The van der Waals surface area contributed by atoms with Gasteiger partial charge in [-0.3, -0.25) is 19.8 Å². The molecule has 642 valence electrons. The predicted molar refractivity (Wildman–Crippen MR) is 499 cm³/mol. The summed E-state index contributed by atoms with van der Waals surface area (Å²) in [6.45, 7) is 19.2. The number of alkyl halides is 2. The Bertz CT molecular complexity index is 4210. The molecule has 8 N–H and O–H groups in total. The number of hydrazine groups is 2. The summed E-state index contributed by atoms with van der Waals surface area (Å²) < 4.78 is 38.9. The minimum atomic E-state index is -0.454. The van der Waals surface area contributed by atoms with E-state index >= 15 is 0 Å². The molecule has 0 saturated carbocycles. The van der Waals surface area contributed by atoms with Gasteiger partial charge >= 0.3 is 111 Å². The van der Waals surface area contributed by atoms with E-state index in [4.69, 9.17) is 35.4 Å². The van der Waals surface area contributed by atoms with Crippen LogP contribution in [0.3, 0.4) is 0 Å². The van der Waals surface area contributed by atoms with Crippen molar-refractivity contribution in [1.82, 2.24) is 129 Å². The number of esters is 2. The molecular formula is C64H95I7N34O10V2-2. The van der Waals surface area contributed by atoms with Crippen LogP contribution in [0.1, 0.15) is 13.8 Å². The van der Waals surface area contributed by atoms with Crippen molar-refractivity contribution in [2.45, 2.75) is 13.8 Å². The van der Waals surface area contributed by atoms with Crippen molar-refractivity contribution in [2.24, 2.45) is 11.7 Å². The molecule has 0 amide bonds. The molecule has 53 heteroatoms. The number of carbonyl (C=O) groups is 2. The quantitative estimate of drug-likeness (QED) is 0.0124. The van der Waals surface area contributed by atoms with E-state index < -0.39 is 11.9 Å². The van der Waals surface area contributed by atoms with Crippen molar-refractivity contribution < 1.29 is 56.9 Å². The summed E-state index contributed by atoms with van der Waals surface area (Å²) >= 11 is 13.8. The monoisotopic (exact) mass is 2490 g/mol. The summed E-state index contributed by atoms with van der Waals surface area (Å²) in [5.74, 6) is 15.2. The number of carbonyl (C=O) groups excluding carboxylic acids is 2. The zero-order valence-corrected chi connectivity index (χ0v) is 83.7. The van der Waals surface area contributed by atoms with Gasteiger partial charge in [0.1, 0.15) is 60.2 Å². The number of hydrogen-bond donors (Lipinski definition) is 6. The number of methoxy groups -OCH3 is 1. The maximum absolute atomic E-state index is 12.5. The summed E-state index contributed by atoms with van der Waals surface area (Å²) in [6, 6.07) is 7.19. The van der Waals surface area contributed by atoms with Crippen molar-refractivity contribution >= 4 is 207 Å². The molecule has 0 aliphatic carbocycles. The number of hydrogen-bond acceptors (Lipinski definition) is 36. The molecule has 4 aliphatic heterocycles. The average molecular weight is 2490 g/mol. The molecule has 4 aliphatic rings. The first-order chi connectivity index (χ1) is 56.1. The number of nitrogens with two attached hydrogens (primary N) is 2. The van der Waals surface area contributed by atoms with Gasteiger partial charge in [0.05, 0.1) is 129 Å². The van der Waals surface area contributed by atoms with Crippen LogP contribution in [0.5, 0.6) is 0 Å². The van der Waals surface area contributed by atoms with Crippen LogP contribution < -0.4 is 53.3 Å². The molecule has 0 bridgehead atoms. The van der Waals surface area contributed by atoms with Gasteiger partial charge < -0.3 is 83.0 Å². The number of nitrogens with one attached hydrogen (secondary N) is 4. The number of aromatic amines is 2. The number of aromatic nitrogens is 24. The van der Waals surface area contributed by atoms with Gasteiger partial charge in [0.15, 0.2) is 34.4 Å². The molecule has 14 heterocycles. The van der Waals surface area contributed by atoms with Crippen molar-refractivity contribution in [3.8, 4) is 23.0 Å². The van der Waals surface area contributed by atoms with E-state index in [0.717, 1.165) is 102 Å². The Hall–Kier alpha value is -6.24. The maximum atomic E-state index is 12.5. The van der Waals surface area contributed by atoms with Gasteiger partial charge in [0.25, 0.3) is 11.1 Å². The molecular weight excluding hydrogens is 2400 g/mol. The zero-order chi connectivity index (χ0) is 84.1. The Morgan fingerprint density at radius 3 is 1.07 bits per heavy atom. The predicted octanol–water partition coefficient (Wildman–Crippen LogP) is 5.50. The Kier molecular flexibility index (Phi) is 58.2.